The van der Waals surface area contributed by atoms with Gasteiger partial charge in [-0.25, -0.2) is 19.6 Å². The van der Waals surface area contributed by atoms with Crippen molar-refractivity contribution in [3.8, 4) is 23.0 Å². The summed E-state index contributed by atoms with van der Waals surface area (Å²) in [5, 5.41) is 5.40. The van der Waals surface area contributed by atoms with Gasteiger partial charge in [-0.05, 0) is 91.1 Å². The molecule has 4 heterocycles. The van der Waals surface area contributed by atoms with E-state index in [9.17, 15) is 19.2 Å². The van der Waals surface area contributed by atoms with Gasteiger partial charge in [0.2, 0.25) is 11.8 Å². The standard InChI is InChI=1S/C44H50N8O6/c1-25(2)37(49-43(55)57-5)41(53)51-21-7-9-35(51)39-45-31-19-15-28(23-33(31)47-39)12-11-27-13-16-29(17-14-27)30-18-20-32-34(24-30)48-40(46-32)36-10-8-22-52(36)42(54)38(26(3)4)50-44(56)58-6/h13-20,23-26,35-38H,7-10,21-22H2,1-6H3,(H,45,47)(H,46,48)(H,49,55)(H,50,56)/t35-,36-,37-,38?/m0/s1. The highest BCUT2D eigenvalue weighted by Gasteiger charge is 2.39. The van der Waals surface area contributed by atoms with Gasteiger partial charge in [0.25, 0.3) is 0 Å². The number of methoxy groups -OCH3 is 2. The summed E-state index contributed by atoms with van der Waals surface area (Å²) >= 11 is 0. The van der Waals surface area contributed by atoms with Gasteiger partial charge < -0.3 is 39.9 Å². The Balaban J connectivity index is 1.03. The van der Waals surface area contributed by atoms with Crippen molar-refractivity contribution < 1.29 is 28.7 Å². The lowest BCUT2D eigenvalue weighted by atomic mass is 10.0. The highest BCUT2D eigenvalue weighted by molar-refractivity contribution is 5.88. The Morgan fingerprint density at radius 3 is 1.60 bits per heavy atom. The molecule has 302 valence electrons. The number of H-pyrrole nitrogens is 2. The van der Waals surface area contributed by atoms with E-state index >= 15 is 0 Å². The van der Waals surface area contributed by atoms with Crippen molar-refractivity contribution in [2.75, 3.05) is 27.3 Å². The van der Waals surface area contributed by atoms with Gasteiger partial charge >= 0.3 is 12.2 Å². The second-order valence-corrected chi connectivity index (χ2v) is 15.6. The number of likely N-dealkylation sites (tertiary alicyclic amines) is 2. The number of fused-ring (bicyclic) bond motifs is 2. The van der Waals surface area contributed by atoms with E-state index in [1.54, 1.807) is 4.90 Å². The SMILES string of the molecule is COC(=O)NC(C(=O)N1CCC[C@H]1c1nc2cc(-c3ccc(C#Cc4ccc5[nH]c([C@@H]6CCCN6C(=O)[C@@H](NC(=O)OC)C(C)C)nc5c4)cc3)ccc2[nH]1)C(C)C. The molecule has 14 nitrogen and oxygen atoms in total. The molecule has 14 heteroatoms. The van der Waals surface area contributed by atoms with Gasteiger partial charge in [0.05, 0.1) is 48.4 Å². The lowest BCUT2D eigenvalue weighted by Crippen LogP contribution is -2.51. The topological polar surface area (TPSA) is 175 Å². The molecule has 2 aromatic heterocycles. The normalized spacial score (nSPS) is 17.7. The lowest BCUT2D eigenvalue weighted by Gasteiger charge is -2.29. The van der Waals surface area contributed by atoms with E-state index < -0.39 is 24.3 Å². The van der Waals surface area contributed by atoms with Crippen molar-refractivity contribution in [1.82, 2.24) is 40.4 Å². The zero-order valence-corrected chi connectivity index (χ0v) is 33.7. The van der Waals surface area contributed by atoms with Crippen LogP contribution >= 0.6 is 0 Å². The molecule has 2 saturated heterocycles. The van der Waals surface area contributed by atoms with Crippen LogP contribution in [0.4, 0.5) is 9.59 Å². The number of imidazole rings is 2. The molecule has 0 aliphatic carbocycles. The minimum atomic E-state index is -0.696. The van der Waals surface area contributed by atoms with Crippen molar-refractivity contribution in [2.24, 2.45) is 11.8 Å². The fourth-order valence-corrected chi connectivity index (χ4v) is 7.90. The first-order chi connectivity index (χ1) is 27.9. The monoisotopic (exact) mass is 786 g/mol. The second-order valence-electron chi connectivity index (χ2n) is 15.6. The molecule has 0 bridgehead atoms. The van der Waals surface area contributed by atoms with Gasteiger partial charge in [0.1, 0.15) is 23.7 Å². The Bertz CT molecular complexity index is 2390. The molecule has 5 aromatic rings. The number of amides is 4. The number of hydrogen-bond acceptors (Lipinski definition) is 8. The van der Waals surface area contributed by atoms with E-state index in [1.165, 1.54) is 14.2 Å². The van der Waals surface area contributed by atoms with Crippen LogP contribution in [0.15, 0.2) is 60.7 Å². The van der Waals surface area contributed by atoms with Crippen molar-refractivity contribution in [3.63, 3.8) is 0 Å². The Kier molecular flexibility index (Phi) is 11.7. The van der Waals surface area contributed by atoms with E-state index in [4.69, 9.17) is 19.4 Å². The van der Waals surface area contributed by atoms with Crippen molar-refractivity contribution in [1.29, 1.82) is 0 Å². The largest absolute Gasteiger partial charge is 0.453 e. The van der Waals surface area contributed by atoms with Crippen LogP contribution in [0, 0.1) is 23.7 Å². The Labute approximate surface area is 337 Å². The third-order valence-corrected chi connectivity index (χ3v) is 11.1. The summed E-state index contributed by atoms with van der Waals surface area (Å²) in [6.07, 6.45) is 1.98. The minimum Gasteiger partial charge on any atom is -0.453 e. The molecule has 0 saturated carbocycles. The zero-order chi connectivity index (χ0) is 41.1. The fourth-order valence-electron chi connectivity index (χ4n) is 7.90. The fraction of sp³-hybridized carbons (Fsp3) is 0.409. The number of nitrogens with zero attached hydrogens (tertiary/aromatic N) is 4. The average molecular weight is 787 g/mol. The van der Waals surface area contributed by atoms with Crippen LogP contribution in [0.25, 0.3) is 33.2 Å². The number of ether oxygens (including phenoxy) is 2. The number of carbonyl (C=O) groups is 4. The Morgan fingerprint density at radius 1 is 0.655 bits per heavy atom. The summed E-state index contributed by atoms with van der Waals surface area (Å²) in [5.41, 5.74) is 7.03. The molecule has 4 N–H and O–H groups in total. The molecule has 1 unspecified atom stereocenters. The summed E-state index contributed by atoms with van der Waals surface area (Å²) in [4.78, 5) is 71.4. The molecule has 2 aliphatic rings. The minimum absolute atomic E-state index is 0.109. The molecule has 0 radical (unpaired) electrons. The maximum atomic E-state index is 13.6. The van der Waals surface area contributed by atoms with Gasteiger partial charge in [-0.1, -0.05) is 57.7 Å². The number of hydrogen-bond donors (Lipinski definition) is 4. The number of aromatic amines is 2. The van der Waals surface area contributed by atoms with Gasteiger partial charge in [0.15, 0.2) is 0 Å². The van der Waals surface area contributed by atoms with Gasteiger partial charge in [-0.2, -0.15) is 0 Å². The number of benzene rings is 3. The van der Waals surface area contributed by atoms with E-state index in [1.807, 2.05) is 93.3 Å². The number of aromatic nitrogens is 4. The van der Waals surface area contributed by atoms with Crippen molar-refractivity contribution >= 4 is 46.1 Å². The zero-order valence-electron chi connectivity index (χ0n) is 33.7. The highest BCUT2D eigenvalue weighted by atomic mass is 16.5. The maximum Gasteiger partial charge on any atom is 0.407 e. The Hall–Kier alpha value is -6.36. The van der Waals surface area contributed by atoms with Gasteiger partial charge in [-0.15, -0.1) is 0 Å². The Morgan fingerprint density at radius 2 is 1.10 bits per heavy atom. The summed E-state index contributed by atoms with van der Waals surface area (Å²) < 4.78 is 9.52. The number of rotatable bonds is 9. The molecule has 2 aliphatic heterocycles. The lowest BCUT2D eigenvalue weighted by molar-refractivity contribution is -0.136. The van der Waals surface area contributed by atoms with Crippen LogP contribution in [0.1, 0.15) is 88.2 Å². The molecule has 3 aromatic carbocycles. The van der Waals surface area contributed by atoms with Crippen LogP contribution in [0.5, 0.6) is 0 Å². The third-order valence-electron chi connectivity index (χ3n) is 11.1. The number of alkyl carbamates (subject to hydrolysis) is 2. The van der Waals surface area contributed by atoms with Crippen molar-refractivity contribution in [2.45, 2.75) is 77.5 Å². The third kappa shape index (κ3) is 8.34. The quantitative estimate of drug-likeness (QED) is 0.121. The van der Waals surface area contributed by atoms with Crippen LogP contribution in [0.3, 0.4) is 0 Å². The van der Waals surface area contributed by atoms with Crippen molar-refractivity contribution in [3.05, 3.63) is 83.4 Å². The summed E-state index contributed by atoms with van der Waals surface area (Å²) in [6, 6.07) is 18.2. The van der Waals surface area contributed by atoms with E-state index in [0.29, 0.717) is 18.9 Å². The van der Waals surface area contributed by atoms with E-state index in [-0.39, 0.29) is 35.7 Å². The molecule has 4 atom stereocenters. The summed E-state index contributed by atoms with van der Waals surface area (Å²) in [6.45, 7) is 8.77. The predicted molar refractivity (Wildman–Crippen MR) is 219 cm³/mol. The molecule has 58 heavy (non-hydrogen) atoms. The van der Waals surface area contributed by atoms with E-state index in [0.717, 1.165) is 75.8 Å². The smallest absolute Gasteiger partial charge is 0.407 e. The molecule has 0 spiro atoms. The van der Waals surface area contributed by atoms with Gasteiger partial charge in [0, 0.05) is 24.2 Å². The first-order valence-corrected chi connectivity index (χ1v) is 19.9. The molecular weight excluding hydrogens is 737 g/mol. The van der Waals surface area contributed by atoms with Crippen LogP contribution in [-0.4, -0.2) is 93.1 Å². The number of carbonyl (C=O) groups excluding carboxylic acids is 4. The maximum absolute atomic E-state index is 13.6. The predicted octanol–water partition coefficient (Wildman–Crippen LogP) is 6.59. The van der Waals surface area contributed by atoms with Gasteiger partial charge in [-0.3, -0.25) is 9.59 Å². The first-order valence-electron chi connectivity index (χ1n) is 19.9. The highest BCUT2D eigenvalue weighted by Crippen LogP contribution is 2.35. The summed E-state index contributed by atoms with van der Waals surface area (Å²) in [5.74, 6) is 7.48. The molecule has 7 rings (SSSR count). The molecular formula is C44H50N8O6. The first kappa shape index (κ1) is 39.9. The van der Waals surface area contributed by atoms with Crippen LogP contribution < -0.4 is 10.6 Å². The molecule has 4 amide bonds. The average Bonchev–Trinajstić information content (AvgIpc) is 4.05. The van der Waals surface area contributed by atoms with Crippen LogP contribution in [0.2, 0.25) is 0 Å². The summed E-state index contributed by atoms with van der Waals surface area (Å²) in [7, 11) is 2.58. The van der Waals surface area contributed by atoms with Crippen LogP contribution in [-0.2, 0) is 19.1 Å². The number of nitrogens with one attached hydrogen (secondary N) is 4. The molecule has 2 fully saturated rings. The second kappa shape index (κ2) is 17.0. The van der Waals surface area contributed by atoms with E-state index in [2.05, 4.69) is 32.4 Å².